The second-order valence-corrected chi connectivity index (χ2v) is 5.06. The minimum atomic E-state index is -0.542. The van der Waals surface area contributed by atoms with Crippen LogP contribution in [0.15, 0.2) is 18.2 Å². The molecule has 1 aromatic carbocycles. The van der Waals surface area contributed by atoms with Gasteiger partial charge in [-0.3, -0.25) is 9.59 Å². The van der Waals surface area contributed by atoms with Gasteiger partial charge in [0.2, 0.25) is 11.8 Å². The Kier molecular flexibility index (Phi) is 4.37. The largest absolute Gasteiger partial charge is 0.353 e. The van der Waals surface area contributed by atoms with Gasteiger partial charge in [0.05, 0.1) is 5.92 Å². The van der Waals surface area contributed by atoms with Crippen molar-refractivity contribution < 1.29 is 14.0 Å². The van der Waals surface area contributed by atoms with Crippen LogP contribution in [-0.2, 0) is 9.59 Å². The minimum absolute atomic E-state index is 0.102. The summed E-state index contributed by atoms with van der Waals surface area (Å²) in [7, 11) is 0. The fourth-order valence-electron chi connectivity index (χ4n) is 2.47. The molecule has 1 heterocycles. The van der Waals surface area contributed by atoms with E-state index in [0.29, 0.717) is 11.3 Å². The lowest BCUT2D eigenvalue weighted by Crippen LogP contribution is -2.40. The standard InChI is InChI=1S/C15H19FN2O2/c1-3-10(4-2)17-15(20)12-8-14(19)18-13-7-9(16)5-6-11(12)13/h5-7,10,12H,3-4,8H2,1-2H3,(H,17,20)(H,18,19). The van der Waals surface area contributed by atoms with E-state index in [4.69, 9.17) is 0 Å². The molecule has 1 atom stereocenters. The number of fused-ring (bicyclic) bond motifs is 1. The summed E-state index contributed by atoms with van der Waals surface area (Å²) in [6.45, 7) is 4.01. The molecule has 1 aromatic rings. The first kappa shape index (κ1) is 14.5. The number of nitrogens with one attached hydrogen (secondary N) is 2. The zero-order valence-electron chi connectivity index (χ0n) is 11.7. The van der Waals surface area contributed by atoms with Crippen molar-refractivity contribution in [3.63, 3.8) is 0 Å². The molecule has 0 radical (unpaired) electrons. The average molecular weight is 278 g/mol. The van der Waals surface area contributed by atoms with Gasteiger partial charge < -0.3 is 10.6 Å². The summed E-state index contributed by atoms with van der Waals surface area (Å²) in [5.74, 6) is -1.39. The number of halogens is 1. The molecule has 20 heavy (non-hydrogen) atoms. The Hall–Kier alpha value is -1.91. The molecule has 0 aliphatic carbocycles. The fraction of sp³-hybridized carbons (Fsp3) is 0.467. The maximum absolute atomic E-state index is 13.2. The van der Waals surface area contributed by atoms with Crippen LogP contribution in [0.3, 0.4) is 0 Å². The van der Waals surface area contributed by atoms with Crippen LogP contribution < -0.4 is 10.6 Å². The van der Waals surface area contributed by atoms with Gasteiger partial charge in [0.15, 0.2) is 0 Å². The molecule has 2 rings (SSSR count). The molecule has 5 heteroatoms. The van der Waals surface area contributed by atoms with Gasteiger partial charge in [-0.25, -0.2) is 4.39 Å². The Balaban J connectivity index is 2.24. The number of hydrogen-bond acceptors (Lipinski definition) is 2. The van der Waals surface area contributed by atoms with Crippen LogP contribution in [0.5, 0.6) is 0 Å². The number of amides is 2. The SMILES string of the molecule is CCC(CC)NC(=O)C1CC(=O)Nc2cc(F)ccc21. The first-order valence-corrected chi connectivity index (χ1v) is 6.94. The smallest absolute Gasteiger partial charge is 0.228 e. The molecule has 0 fully saturated rings. The van der Waals surface area contributed by atoms with E-state index in [2.05, 4.69) is 10.6 Å². The third-order valence-corrected chi connectivity index (χ3v) is 3.70. The predicted molar refractivity (Wildman–Crippen MR) is 74.9 cm³/mol. The highest BCUT2D eigenvalue weighted by Gasteiger charge is 2.31. The maximum Gasteiger partial charge on any atom is 0.228 e. The molecule has 1 aliphatic heterocycles. The van der Waals surface area contributed by atoms with Gasteiger partial charge in [-0.15, -0.1) is 0 Å². The lowest BCUT2D eigenvalue weighted by molar-refractivity contribution is -0.126. The average Bonchev–Trinajstić information content (AvgIpc) is 2.43. The Morgan fingerprint density at radius 3 is 2.80 bits per heavy atom. The van der Waals surface area contributed by atoms with Crippen LogP contribution in [-0.4, -0.2) is 17.9 Å². The van der Waals surface area contributed by atoms with Gasteiger partial charge in [-0.2, -0.15) is 0 Å². The van der Waals surface area contributed by atoms with E-state index in [0.717, 1.165) is 12.8 Å². The van der Waals surface area contributed by atoms with Crippen molar-refractivity contribution in [3.8, 4) is 0 Å². The molecule has 0 aromatic heterocycles. The van der Waals surface area contributed by atoms with E-state index in [-0.39, 0.29) is 24.3 Å². The molecule has 2 N–H and O–H groups in total. The highest BCUT2D eigenvalue weighted by molar-refractivity contribution is 6.01. The molecule has 0 bridgehead atoms. The Morgan fingerprint density at radius 2 is 2.15 bits per heavy atom. The normalized spacial score (nSPS) is 17.6. The molecule has 1 unspecified atom stereocenters. The molecular weight excluding hydrogens is 259 g/mol. The van der Waals surface area contributed by atoms with E-state index in [9.17, 15) is 14.0 Å². The van der Waals surface area contributed by atoms with Crippen molar-refractivity contribution in [1.29, 1.82) is 0 Å². The Labute approximate surface area is 117 Å². The molecule has 4 nitrogen and oxygen atoms in total. The molecule has 2 amide bonds. The first-order chi connectivity index (χ1) is 9.55. The number of benzene rings is 1. The van der Waals surface area contributed by atoms with Crippen molar-refractivity contribution in [1.82, 2.24) is 5.32 Å². The van der Waals surface area contributed by atoms with Crippen LogP contribution >= 0.6 is 0 Å². The van der Waals surface area contributed by atoms with Crippen molar-refractivity contribution in [2.24, 2.45) is 0 Å². The van der Waals surface area contributed by atoms with Crippen LogP contribution in [0.25, 0.3) is 0 Å². The topological polar surface area (TPSA) is 58.2 Å². The first-order valence-electron chi connectivity index (χ1n) is 6.94. The second kappa shape index (κ2) is 6.03. The summed E-state index contributed by atoms with van der Waals surface area (Å²) < 4.78 is 13.2. The highest BCUT2D eigenvalue weighted by Crippen LogP contribution is 2.33. The van der Waals surface area contributed by atoms with Crippen LogP contribution in [0.4, 0.5) is 10.1 Å². The fourth-order valence-corrected chi connectivity index (χ4v) is 2.47. The molecule has 0 saturated carbocycles. The molecule has 108 valence electrons. The summed E-state index contributed by atoms with van der Waals surface area (Å²) in [5.41, 5.74) is 1.07. The quantitative estimate of drug-likeness (QED) is 0.889. The third kappa shape index (κ3) is 2.98. The molecule has 1 aliphatic rings. The lowest BCUT2D eigenvalue weighted by Gasteiger charge is -2.26. The van der Waals surface area contributed by atoms with Crippen molar-refractivity contribution in [3.05, 3.63) is 29.6 Å². The minimum Gasteiger partial charge on any atom is -0.353 e. The summed E-state index contributed by atoms with van der Waals surface area (Å²) in [4.78, 5) is 24.0. The number of carbonyl (C=O) groups is 2. The summed E-state index contributed by atoms with van der Waals surface area (Å²) in [6, 6.07) is 4.25. The van der Waals surface area contributed by atoms with Gasteiger partial charge in [0.25, 0.3) is 0 Å². The summed E-state index contributed by atoms with van der Waals surface area (Å²) in [6.07, 6.45) is 1.79. The van der Waals surface area contributed by atoms with Crippen LogP contribution in [0.2, 0.25) is 0 Å². The van der Waals surface area contributed by atoms with E-state index in [1.54, 1.807) is 6.07 Å². The number of rotatable bonds is 4. The van der Waals surface area contributed by atoms with Gasteiger partial charge in [0, 0.05) is 18.2 Å². The van der Waals surface area contributed by atoms with Gasteiger partial charge in [-0.05, 0) is 30.5 Å². The number of anilines is 1. The van der Waals surface area contributed by atoms with E-state index < -0.39 is 11.7 Å². The van der Waals surface area contributed by atoms with E-state index in [1.165, 1.54) is 12.1 Å². The highest BCUT2D eigenvalue weighted by atomic mass is 19.1. The van der Waals surface area contributed by atoms with Crippen molar-refractivity contribution >= 4 is 17.5 Å². The zero-order valence-corrected chi connectivity index (χ0v) is 11.7. The summed E-state index contributed by atoms with van der Waals surface area (Å²) in [5, 5.41) is 5.56. The van der Waals surface area contributed by atoms with Crippen molar-refractivity contribution in [2.75, 3.05) is 5.32 Å². The molecular formula is C15H19FN2O2. The monoisotopic (exact) mass is 278 g/mol. The Bertz CT molecular complexity index is 527. The van der Waals surface area contributed by atoms with Gasteiger partial charge in [-0.1, -0.05) is 19.9 Å². The number of hydrogen-bond donors (Lipinski definition) is 2. The maximum atomic E-state index is 13.2. The molecule has 0 saturated heterocycles. The Morgan fingerprint density at radius 1 is 1.45 bits per heavy atom. The predicted octanol–water partition coefficient (Wildman–Crippen LogP) is 2.56. The van der Waals surface area contributed by atoms with Gasteiger partial charge >= 0.3 is 0 Å². The van der Waals surface area contributed by atoms with Crippen LogP contribution in [0.1, 0.15) is 44.6 Å². The zero-order chi connectivity index (χ0) is 14.7. The van der Waals surface area contributed by atoms with Crippen LogP contribution in [0, 0.1) is 5.82 Å². The summed E-state index contributed by atoms with van der Waals surface area (Å²) >= 11 is 0. The second-order valence-electron chi connectivity index (χ2n) is 5.06. The van der Waals surface area contributed by atoms with Crippen molar-refractivity contribution in [2.45, 2.75) is 45.1 Å². The van der Waals surface area contributed by atoms with E-state index in [1.807, 2.05) is 13.8 Å². The third-order valence-electron chi connectivity index (χ3n) is 3.70. The van der Waals surface area contributed by atoms with E-state index >= 15 is 0 Å². The molecule has 0 spiro atoms. The lowest BCUT2D eigenvalue weighted by atomic mass is 9.89. The van der Waals surface area contributed by atoms with Gasteiger partial charge in [0.1, 0.15) is 5.82 Å². The number of carbonyl (C=O) groups excluding carboxylic acids is 2.